The standard InChI is InChI=1S/C27H25N5O2/c1-16-8-9-20(12-18(16)3)23(33)10-11-25(34)31-27-21(14-28)15-29-32(27)24-13-19(4)22-7-5-6-17(2)26(22)30-24/h5-9,12-13,15H,10-11H2,1-4H3,(H,31,34). The van der Waals surface area contributed by atoms with Crippen molar-refractivity contribution in [1.82, 2.24) is 14.8 Å². The number of benzene rings is 2. The highest BCUT2D eigenvalue weighted by atomic mass is 16.2. The quantitative estimate of drug-likeness (QED) is 0.410. The van der Waals surface area contributed by atoms with E-state index in [0.29, 0.717) is 11.4 Å². The van der Waals surface area contributed by atoms with Crippen molar-refractivity contribution < 1.29 is 9.59 Å². The summed E-state index contributed by atoms with van der Waals surface area (Å²) >= 11 is 0. The van der Waals surface area contributed by atoms with Gasteiger partial charge in [0.2, 0.25) is 5.91 Å². The first-order chi connectivity index (χ1) is 16.3. The van der Waals surface area contributed by atoms with Crippen molar-refractivity contribution in [2.45, 2.75) is 40.5 Å². The number of rotatable bonds is 6. The summed E-state index contributed by atoms with van der Waals surface area (Å²) in [5, 5.41) is 17.6. The van der Waals surface area contributed by atoms with Gasteiger partial charge in [-0.25, -0.2) is 4.98 Å². The Morgan fingerprint density at radius 3 is 2.50 bits per heavy atom. The molecule has 2 heterocycles. The van der Waals surface area contributed by atoms with Crippen LogP contribution in [-0.4, -0.2) is 26.5 Å². The fraction of sp³-hybridized carbons (Fsp3) is 0.222. The second kappa shape index (κ2) is 9.28. The fourth-order valence-electron chi connectivity index (χ4n) is 3.86. The number of anilines is 1. The Hall–Kier alpha value is -4.31. The molecular weight excluding hydrogens is 426 g/mol. The van der Waals surface area contributed by atoms with Crippen molar-refractivity contribution in [3.63, 3.8) is 0 Å². The molecule has 4 aromatic rings. The van der Waals surface area contributed by atoms with E-state index in [9.17, 15) is 14.9 Å². The Morgan fingerprint density at radius 2 is 1.76 bits per heavy atom. The lowest BCUT2D eigenvalue weighted by molar-refractivity contribution is -0.116. The van der Waals surface area contributed by atoms with Crippen LogP contribution in [0, 0.1) is 39.0 Å². The van der Waals surface area contributed by atoms with Crippen molar-refractivity contribution in [2.24, 2.45) is 0 Å². The molecule has 7 nitrogen and oxygen atoms in total. The van der Waals surface area contributed by atoms with Crippen LogP contribution in [0.4, 0.5) is 5.82 Å². The van der Waals surface area contributed by atoms with Gasteiger partial charge < -0.3 is 5.32 Å². The second-order valence-electron chi connectivity index (χ2n) is 8.47. The normalized spacial score (nSPS) is 10.8. The van der Waals surface area contributed by atoms with Crippen LogP contribution in [0.25, 0.3) is 16.7 Å². The van der Waals surface area contributed by atoms with Crippen LogP contribution in [0.1, 0.15) is 51.0 Å². The zero-order chi connectivity index (χ0) is 24.4. The Bertz CT molecular complexity index is 1480. The number of pyridine rings is 1. The maximum absolute atomic E-state index is 12.7. The van der Waals surface area contributed by atoms with Crippen LogP contribution < -0.4 is 5.32 Å². The molecule has 34 heavy (non-hydrogen) atoms. The first-order valence-electron chi connectivity index (χ1n) is 11.0. The van der Waals surface area contributed by atoms with Crippen LogP contribution >= 0.6 is 0 Å². The van der Waals surface area contributed by atoms with E-state index in [-0.39, 0.29) is 35.9 Å². The number of carbonyl (C=O) groups is 2. The third kappa shape index (κ3) is 4.44. The van der Waals surface area contributed by atoms with Gasteiger partial charge in [-0.1, -0.05) is 30.3 Å². The number of nitrogens with zero attached hydrogens (tertiary/aromatic N) is 4. The number of ketones is 1. The van der Waals surface area contributed by atoms with Crippen LogP contribution in [0.3, 0.4) is 0 Å². The molecule has 170 valence electrons. The number of para-hydroxylation sites is 1. The lowest BCUT2D eigenvalue weighted by atomic mass is 10.0. The van der Waals surface area contributed by atoms with Gasteiger partial charge in [-0.15, -0.1) is 0 Å². The topological polar surface area (TPSA) is 101 Å². The molecule has 0 spiro atoms. The third-order valence-corrected chi connectivity index (χ3v) is 6.01. The molecule has 1 amide bonds. The van der Waals surface area contributed by atoms with Crippen molar-refractivity contribution >= 4 is 28.4 Å². The monoisotopic (exact) mass is 451 g/mol. The average Bonchev–Trinajstić information content (AvgIpc) is 3.22. The number of Topliss-reactive ketones (excluding diaryl/α,β-unsaturated/α-hetero) is 1. The zero-order valence-corrected chi connectivity index (χ0v) is 19.6. The van der Waals surface area contributed by atoms with E-state index < -0.39 is 0 Å². The minimum absolute atomic E-state index is 0.00884. The van der Waals surface area contributed by atoms with E-state index in [1.165, 1.54) is 10.9 Å². The molecule has 0 bridgehead atoms. The Balaban J connectivity index is 1.57. The van der Waals surface area contributed by atoms with Crippen LogP contribution in [0.5, 0.6) is 0 Å². The molecule has 2 aromatic heterocycles. The van der Waals surface area contributed by atoms with Gasteiger partial charge >= 0.3 is 0 Å². The molecule has 0 aliphatic heterocycles. The maximum Gasteiger partial charge on any atom is 0.226 e. The fourth-order valence-corrected chi connectivity index (χ4v) is 3.86. The van der Waals surface area contributed by atoms with E-state index >= 15 is 0 Å². The Kier molecular flexibility index (Phi) is 6.24. The molecule has 1 N–H and O–H groups in total. The number of carbonyl (C=O) groups excluding carboxylic acids is 2. The molecule has 0 radical (unpaired) electrons. The zero-order valence-electron chi connectivity index (χ0n) is 19.6. The van der Waals surface area contributed by atoms with Gasteiger partial charge in [-0.3, -0.25) is 9.59 Å². The first-order valence-corrected chi connectivity index (χ1v) is 11.0. The van der Waals surface area contributed by atoms with Gasteiger partial charge in [0, 0.05) is 23.8 Å². The third-order valence-electron chi connectivity index (χ3n) is 6.01. The first kappa shape index (κ1) is 22.9. The summed E-state index contributed by atoms with van der Waals surface area (Å²) in [7, 11) is 0. The van der Waals surface area contributed by atoms with E-state index in [4.69, 9.17) is 4.98 Å². The minimum atomic E-state index is -0.371. The summed E-state index contributed by atoms with van der Waals surface area (Å²) in [5.41, 5.74) is 5.82. The van der Waals surface area contributed by atoms with Crippen molar-refractivity contribution in [1.29, 1.82) is 5.26 Å². The molecule has 0 aliphatic carbocycles. The van der Waals surface area contributed by atoms with Crippen LogP contribution in [-0.2, 0) is 4.79 Å². The molecule has 0 unspecified atom stereocenters. The van der Waals surface area contributed by atoms with Crippen LogP contribution in [0.15, 0.2) is 48.7 Å². The second-order valence-corrected chi connectivity index (χ2v) is 8.47. The Morgan fingerprint density at radius 1 is 0.971 bits per heavy atom. The average molecular weight is 452 g/mol. The number of hydrogen-bond donors (Lipinski definition) is 1. The molecule has 0 atom stereocenters. The van der Waals surface area contributed by atoms with Crippen molar-refractivity contribution in [3.8, 4) is 11.9 Å². The highest BCUT2D eigenvalue weighted by molar-refractivity contribution is 6.00. The lowest BCUT2D eigenvalue weighted by Gasteiger charge is -2.12. The number of aryl methyl sites for hydroxylation is 4. The number of amides is 1. The number of fused-ring (bicyclic) bond motifs is 1. The summed E-state index contributed by atoms with van der Waals surface area (Å²) < 4.78 is 1.46. The molecule has 0 saturated carbocycles. The predicted octanol–water partition coefficient (Wildman–Crippen LogP) is 5.13. The summed E-state index contributed by atoms with van der Waals surface area (Å²) in [6.45, 7) is 7.91. The van der Waals surface area contributed by atoms with Crippen molar-refractivity contribution in [2.75, 3.05) is 5.32 Å². The maximum atomic E-state index is 12.7. The summed E-state index contributed by atoms with van der Waals surface area (Å²) in [5.74, 6) is 0.270. The van der Waals surface area contributed by atoms with Gasteiger partial charge in [0.15, 0.2) is 17.4 Å². The summed E-state index contributed by atoms with van der Waals surface area (Å²) in [6.07, 6.45) is 1.46. The smallest absolute Gasteiger partial charge is 0.226 e. The number of nitrogens with one attached hydrogen (secondary N) is 1. The van der Waals surface area contributed by atoms with Gasteiger partial charge in [0.25, 0.3) is 0 Å². The van der Waals surface area contributed by atoms with Gasteiger partial charge in [0.1, 0.15) is 11.6 Å². The van der Waals surface area contributed by atoms with Crippen LogP contribution in [0.2, 0.25) is 0 Å². The molecule has 7 heteroatoms. The van der Waals surface area contributed by atoms with E-state index in [1.54, 1.807) is 6.07 Å². The highest BCUT2D eigenvalue weighted by Gasteiger charge is 2.18. The van der Waals surface area contributed by atoms with Gasteiger partial charge in [0.05, 0.1) is 11.7 Å². The number of nitriles is 1. The van der Waals surface area contributed by atoms with E-state index in [1.807, 2.05) is 64.1 Å². The van der Waals surface area contributed by atoms with Crippen molar-refractivity contribution in [3.05, 3.63) is 82.0 Å². The minimum Gasteiger partial charge on any atom is -0.309 e. The number of aromatic nitrogens is 3. The SMILES string of the molecule is Cc1ccc(C(=O)CCC(=O)Nc2c(C#N)cnn2-c2cc(C)c3cccc(C)c3n2)cc1C. The number of hydrogen-bond acceptors (Lipinski definition) is 5. The van der Waals surface area contributed by atoms with Gasteiger partial charge in [-0.05, 0) is 62.1 Å². The molecule has 4 rings (SSSR count). The molecule has 2 aromatic carbocycles. The molecular formula is C27H25N5O2. The van der Waals surface area contributed by atoms with Gasteiger partial charge in [-0.2, -0.15) is 15.0 Å². The largest absolute Gasteiger partial charge is 0.309 e. The van der Waals surface area contributed by atoms with E-state index in [0.717, 1.165) is 33.2 Å². The molecule has 0 saturated heterocycles. The lowest BCUT2D eigenvalue weighted by Crippen LogP contribution is -2.17. The van der Waals surface area contributed by atoms with E-state index in [2.05, 4.69) is 16.5 Å². The summed E-state index contributed by atoms with van der Waals surface area (Å²) in [4.78, 5) is 30.0. The molecule has 0 aliphatic rings. The Labute approximate surface area is 198 Å². The predicted molar refractivity (Wildman–Crippen MR) is 131 cm³/mol. The summed E-state index contributed by atoms with van der Waals surface area (Å²) in [6, 6.07) is 15.4. The highest BCUT2D eigenvalue weighted by Crippen LogP contribution is 2.25. The molecule has 0 fully saturated rings.